The van der Waals surface area contributed by atoms with Crippen molar-refractivity contribution < 1.29 is 13.2 Å². The van der Waals surface area contributed by atoms with Crippen LogP contribution in [0.15, 0.2) is 36.5 Å². The summed E-state index contributed by atoms with van der Waals surface area (Å²) in [5, 5.41) is 0.324. The van der Waals surface area contributed by atoms with Gasteiger partial charge in [-0.15, -0.1) is 0 Å². The summed E-state index contributed by atoms with van der Waals surface area (Å²) >= 11 is 0. The van der Waals surface area contributed by atoms with Gasteiger partial charge in [-0.2, -0.15) is 0 Å². The first-order chi connectivity index (χ1) is 10.9. The molecule has 1 aromatic carbocycles. The molecule has 0 N–H and O–H groups in total. The fraction of sp³-hybridized carbons (Fsp3) is 0.412. The Balaban J connectivity index is 1.96. The lowest BCUT2D eigenvalue weighted by Gasteiger charge is -2.29. The van der Waals surface area contributed by atoms with Crippen molar-refractivity contribution in [1.29, 1.82) is 0 Å². The topological polar surface area (TPSA) is 67.3 Å². The number of benzene rings is 1. The minimum Gasteiger partial charge on any atom is -0.337 e. The van der Waals surface area contributed by atoms with Crippen molar-refractivity contribution >= 4 is 26.6 Å². The van der Waals surface area contributed by atoms with Crippen LogP contribution in [0.2, 0.25) is 0 Å². The van der Waals surface area contributed by atoms with Crippen LogP contribution in [-0.2, 0) is 9.84 Å². The summed E-state index contributed by atoms with van der Waals surface area (Å²) in [6.07, 6.45) is 5.13. The molecule has 1 aliphatic carbocycles. The minimum atomic E-state index is -3.16. The number of pyridine rings is 1. The van der Waals surface area contributed by atoms with Gasteiger partial charge in [-0.3, -0.25) is 9.78 Å². The smallest absolute Gasteiger partial charge is 0.254 e. The molecular weight excluding hydrogens is 312 g/mol. The number of rotatable bonds is 3. The number of nitrogens with zero attached hydrogens (tertiary/aromatic N) is 2. The Morgan fingerprint density at radius 1 is 1.22 bits per heavy atom. The van der Waals surface area contributed by atoms with Gasteiger partial charge in [-0.25, -0.2) is 8.42 Å². The number of carbonyl (C=O) groups excluding carboxylic acids is 1. The normalized spacial score (nSPS) is 21.5. The Morgan fingerprint density at radius 3 is 2.74 bits per heavy atom. The molecule has 0 radical (unpaired) electrons. The average molecular weight is 332 g/mol. The first kappa shape index (κ1) is 15.9. The molecule has 1 heterocycles. The molecule has 1 amide bonds. The second-order valence-electron chi connectivity index (χ2n) is 6.16. The van der Waals surface area contributed by atoms with E-state index in [1.807, 2.05) is 12.1 Å². The molecular formula is C17H20N2O3S. The van der Waals surface area contributed by atoms with Crippen molar-refractivity contribution in [3.05, 3.63) is 42.1 Å². The van der Waals surface area contributed by atoms with Gasteiger partial charge >= 0.3 is 0 Å². The quantitative estimate of drug-likeness (QED) is 0.865. The molecule has 2 unspecified atom stereocenters. The van der Waals surface area contributed by atoms with Crippen LogP contribution in [0.25, 0.3) is 10.9 Å². The van der Waals surface area contributed by atoms with E-state index in [1.165, 1.54) is 6.26 Å². The molecule has 1 aliphatic rings. The van der Waals surface area contributed by atoms with Gasteiger partial charge in [-0.05, 0) is 37.5 Å². The van der Waals surface area contributed by atoms with E-state index in [2.05, 4.69) is 4.98 Å². The second-order valence-corrected chi connectivity index (χ2v) is 8.42. The van der Waals surface area contributed by atoms with E-state index in [9.17, 15) is 13.2 Å². The summed E-state index contributed by atoms with van der Waals surface area (Å²) in [7, 11) is -1.46. The van der Waals surface area contributed by atoms with Gasteiger partial charge in [-0.1, -0.05) is 12.1 Å². The van der Waals surface area contributed by atoms with Gasteiger partial charge in [0, 0.05) is 36.5 Å². The number of hydrogen-bond acceptors (Lipinski definition) is 4. The standard InChI is InChI=1S/C17H20N2O3S/c1-19(15-9-4-10-16(15)23(2,21)22)17(20)13-6-3-8-14-12(13)7-5-11-18-14/h3,5-8,11,15-16H,4,9-10H2,1-2H3. The lowest BCUT2D eigenvalue weighted by atomic mass is 10.1. The van der Waals surface area contributed by atoms with Gasteiger partial charge < -0.3 is 4.90 Å². The van der Waals surface area contributed by atoms with Gasteiger partial charge in [0.2, 0.25) is 0 Å². The molecule has 23 heavy (non-hydrogen) atoms. The van der Waals surface area contributed by atoms with Crippen molar-refractivity contribution in [2.24, 2.45) is 0 Å². The predicted molar refractivity (Wildman–Crippen MR) is 90.1 cm³/mol. The third kappa shape index (κ3) is 2.95. The SMILES string of the molecule is CN(C(=O)c1cccc2ncccc12)C1CCCC1S(C)(=O)=O. The molecule has 2 atom stereocenters. The Kier molecular flexibility index (Phi) is 4.10. The van der Waals surface area contributed by atoms with Crippen molar-refractivity contribution in [2.75, 3.05) is 13.3 Å². The number of hydrogen-bond donors (Lipinski definition) is 0. The van der Waals surface area contributed by atoms with Crippen LogP contribution in [-0.4, -0.2) is 48.8 Å². The van der Waals surface area contributed by atoms with Crippen molar-refractivity contribution in [3.8, 4) is 0 Å². The monoisotopic (exact) mass is 332 g/mol. The lowest BCUT2D eigenvalue weighted by molar-refractivity contribution is 0.0739. The highest BCUT2D eigenvalue weighted by Crippen LogP contribution is 2.30. The highest BCUT2D eigenvalue weighted by molar-refractivity contribution is 7.91. The molecule has 1 saturated carbocycles. The summed E-state index contributed by atoms with van der Waals surface area (Å²) in [5.74, 6) is -0.149. The molecule has 0 saturated heterocycles. The van der Waals surface area contributed by atoms with Gasteiger partial charge in [0.15, 0.2) is 9.84 Å². The van der Waals surface area contributed by atoms with E-state index >= 15 is 0 Å². The zero-order valence-corrected chi connectivity index (χ0v) is 14.1. The molecule has 0 bridgehead atoms. The Hall–Kier alpha value is -1.95. The van der Waals surface area contributed by atoms with Crippen LogP contribution in [0.5, 0.6) is 0 Å². The average Bonchev–Trinajstić information content (AvgIpc) is 3.03. The van der Waals surface area contributed by atoms with Crippen LogP contribution in [0.1, 0.15) is 29.6 Å². The number of carbonyl (C=O) groups is 1. The molecule has 0 aliphatic heterocycles. The second kappa shape index (κ2) is 5.92. The molecule has 5 nitrogen and oxygen atoms in total. The number of aromatic nitrogens is 1. The Morgan fingerprint density at radius 2 is 2.00 bits per heavy atom. The highest BCUT2D eigenvalue weighted by Gasteiger charge is 2.39. The number of amides is 1. The maximum atomic E-state index is 12.9. The molecule has 1 aromatic heterocycles. The van der Waals surface area contributed by atoms with Gasteiger partial charge in [0.25, 0.3) is 5.91 Å². The first-order valence-electron chi connectivity index (χ1n) is 7.69. The zero-order chi connectivity index (χ0) is 16.6. The Labute approximate surface area is 136 Å². The highest BCUT2D eigenvalue weighted by atomic mass is 32.2. The summed E-state index contributed by atoms with van der Waals surface area (Å²) in [6, 6.07) is 8.84. The summed E-state index contributed by atoms with van der Waals surface area (Å²) < 4.78 is 23.9. The number of fused-ring (bicyclic) bond motifs is 1. The summed E-state index contributed by atoms with van der Waals surface area (Å²) in [4.78, 5) is 18.8. The van der Waals surface area contributed by atoms with Gasteiger partial charge in [0.05, 0.1) is 10.8 Å². The third-order valence-corrected chi connectivity index (χ3v) is 6.31. The van der Waals surface area contributed by atoms with Crippen molar-refractivity contribution in [1.82, 2.24) is 9.88 Å². The third-order valence-electron chi connectivity index (χ3n) is 4.66. The van der Waals surface area contributed by atoms with Crippen LogP contribution in [0.3, 0.4) is 0 Å². The van der Waals surface area contributed by atoms with Crippen molar-refractivity contribution in [3.63, 3.8) is 0 Å². The largest absolute Gasteiger partial charge is 0.337 e. The molecule has 2 aromatic rings. The summed E-state index contributed by atoms with van der Waals surface area (Å²) in [6.45, 7) is 0. The summed E-state index contributed by atoms with van der Waals surface area (Å²) in [5.41, 5.74) is 1.33. The van der Waals surface area contributed by atoms with Crippen molar-refractivity contribution in [2.45, 2.75) is 30.6 Å². The van der Waals surface area contributed by atoms with Crippen LogP contribution >= 0.6 is 0 Å². The maximum Gasteiger partial charge on any atom is 0.254 e. The molecule has 122 valence electrons. The predicted octanol–water partition coefficient (Wildman–Crippen LogP) is 2.27. The zero-order valence-electron chi connectivity index (χ0n) is 13.3. The fourth-order valence-electron chi connectivity index (χ4n) is 3.48. The first-order valence-corrected chi connectivity index (χ1v) is 9.65. The number of sulfone groups is 1. The van der Waals surface area contributed by atoms with Crippen LogP contribution in [0, 0.1) is 0 Å². The van der Waals surface area contributed by atoms with Crippen LogP contribution < -0.4 is 0 Å². The Bertz CT molecular complexity index is 843. The van der Waals surface area contributed by atoms with E-state index in [0.717, 1.165) is 23.7 Å². The van der Waals surface area contributed by atoms with E-state index in [0.29, 0.717) is 12.0 Å². The molecule has 3 rings (SSSR count). The molecule has 6 heteroatoms. The molecule has 1 fully saturated rings. The van der Waals surface area contributed by atoms with E-state index in [1.54, 1.807) is 36.3 Å². The van der Waals surface area contributed by atoms with E-state index in [4.69, 9.17) is 0 Å². The lowest BCUT2D eigenvalue weighted by Crippen LogP contribution is -2.44. The minimum absolute atomic E-state index is 0.149. The van der Waals surface area contributed by atoms with E-state index in [-0.39, 0.29) is 11.9 Å². The molecule has 0 spiro atoms. The van der Waals surface area contributed by atoms with Gasteiger partial charge in [0.1, 0.15) is 0 Å². The maximum absolute atomic E-state index is 12.9. The fourth-order valence-corrected chi connectivity index (χ4v) is 4.96. The van der Waals surface area contributed by atoms with E-state index < -0.39 is 15.1 Å². The van der Waals surface area contributed by atoms with Crippen LogP contribution in [0.4, 0.5) is 0 Å².